The minimum atomic E-state index is -2.96. The van der Waals surface area contributed by atoms with Gasteiger partial charge in [-0.3, -0.25) is 14.5 Å². The number of fused-ring (bicyclic) bond motifs is 1. The summed E-state index contributed by atoms with van der Waals surface area (Å²) in [5.41, 5.74) is 1.23. The van der Waals surface area contributed by atoms with Crippen LogP contribution < -0.4 is 0 Å². The van der Waals surface area contributed by atoms with Gasteiger partial charge >= 0.3 is 0 Å². The lowest BCUT2D eigenvalue weighted by atomic mass is 10.1. The predicted octanol–water partition coefficient (Wildman–Crippen LogP) is 0.602. The molecule has 9 heteroatoms. The standard InChI is InChI=1S/C18H27N3O4S2/c1-27(24,25)13-11-19-7-9-20(10-8-19)17(22)2-3-18(23)21-6-4-16-15(14-21)5-12-26-16/h5,12H,2-4,6-11,13-14H2,1H3. The van der Waals surface area contributed by atoms with Crippen molar-refractivity contribution in [3.8, 4) is 0 Å². The van der Waals surface area contributed by atoms with Gasteiger partial charge in [0.05, 0.1) is 5.75 Å². The lowest BCUT2D eigenvalue weighted by Crippen LogP contribution is -2.49. The molecule has 0 aromatic carbocycles. The van der Waals surface area contributed by atoms with Crippen LogP contribution in [0.15, 0.2) is 11.4 Å². The summed E-state index contributed by atoms with van der Waals surface area (Å²) < 4.78 is 22.5. The van der Waals surface area contributed by atoms with Crippen molar-refractivity contribution in [2.45, 2.75) is 25.8 Å². The first-order valence-electron chi connectivity index (χ1n) is 9.33. The molecule has 3 heterocycles. The quantitative estimate of drug-likeness (QED) is 0.683. The van der Waals surface area contributed by atoms with E-state index in [1.807, 2.05) is 4.90 Å². The summed E-state index contributed by atoms with van der Waals surface area (Å²) in [4.78, 5) is 31.9. The molecule has 0 aliphatic carbocycles. The van der Waals surface area contributed by atoms with E-state index in [0.29, 0.717) is 39.3 Å². The molecule has 0 radical (unpaired) electrons. The van der Waals surface area contributed by atoms with Crippen molar-refractivity contribution in [2.24, 2.45) is 0 Å². The summed E-state index contributed by atoms with van der Waals surface area (Å²) in [5, 5.41) is 2.07. The molecule has 0 N–H and O–H groups in total. The first-order valence-corrected chi connectivity index (χ1v) is 12.3. The fraction of sp³-hybridized carbons (Fsp3) is 0.667. The number of thiophene rings is 1. The smallest absolute Gasteiger partial charge is 0.223 e. The molecule has 0 bridgehead atoms. The van der Waals surface area contributed by atoms with Crippen LogP contribution in [0.1, 0.15) is 23.3 Å². The van der Waals surface area contributed by atoms with Crippen molar-refractivity contribution < 1.29 is 18.0 Å². The lowest BCUT2D eigenvalue weighted by Gasteiger charge is -2.34. The molecule has 0 unspecified atom stereocenters. The maximum absolute atomic E-state index is 12.4. The molecule has 0 atom stereocenters. The minimum Gasteiger partial charge on any atom is -0.340 e. The molecule has 0 saturated carbocycles. The van der Waals surface area contributed by atoms with E-state index < -0.39 is 9.84 Å². The van der Waals surface area contributed by atoms with Crippen LogP contribution in [0.4, 0.5) is 0 Å². The van der Waals surface area contributed by atoms with E-state index in [0.717, 1.165) is 13.0 Å². The van der Waals surface area contributed by atoms with Gasteiger partial charge in [0.1, 0.15) is 9.84 Å². The highest BCUT2D eigenvalue weighted by atomic mass is 32.2. The van der Waals surface area contributed by atoms with Crippen LogP contribution in [0.2, 0.25) is 0 Å². The van der Waals surface area contributed by atoms with Crippen LogP contribution in [0.25, 0.3) is 0 Å². The molecule has 150 valence electrons. The normalized spacial score (nSPS) is 18.4. The third-order valence-corrected chi connectivity index (χ3v) is 7.16. The number of hydrogen-bond acceptors (Lipinski definition) is 6. The molecule has 1 aromatic heterocycles. The molecule has 2 aliphatic heterocycles. The van der Waals surface area contributed by atoms with E-state index in [1.54, 1.807) is 16.2 Å². The topological polar surface area (TPSA) is 78.0 Å². The monoisotopic (exact) mass is 413 g/mol. The summed E-state index contributed by atoms with van der Waals surface area (Å²) in [6.45, 7) is 4.46. The maximum Gasteiger partial charge on any atom is 0.223 e. The van der Waals surface area contributed by atoms with Gasteiger partial charge in [0.25, 0.3) is 0 Å². The first kappa shape index (κ1) is 20.3. The van der Waals surface area contributed by atoms with Gasteiger partial charge in [-0.15, -0.1) is 11.3 Å². The van der Waals surface area contributed by atoms with E-state index in [2.05, 4.69) is 16.3 Å². The van der Waals surface area contributed by atoms with E-state index in [1.165, 1.54) is 16.7 Å². The summed E-state index contributed by atoms with van der Waals surface area (Å²) in [7, 11) is -2.96. The number of rotatable bonds is 6. The molecule has 2 aliphatic rings. The Balaban J connectivity index is 1.38. The Hall–Kier alpha value is -1.45. The summed E-state index contributed by atoms with van der Waals surface area (Å²) in [5.74, 6) is 0.211. The molecule has 1 aromatic rings. The predicted molar refractivity (Wildman–Crippen MR) is 105 cm³/mol. The molecule has 1 saturated heterocycles. The second-order valence-electron chi connectivity index (χ2n) is 7.29. The highest BCUT2D eigenvalue weighted by Crippen LogP contribution is 2.24. The second-order valence-corrected chi connectivity index (χ2v) is 10.5. The number of piperazine rings is 1. The second kappa shape index (κ2) is 8.70. The van der Waals surface area contributed by atoms with Gasteiger partial charge in [-0.1, -0.05) is 0 Å². The van der Waals surface area contributed by atoms with Crippen molar-refractivity contribution in [1.82, 2.24) is 14.7 Å². The van der Waals surface area contributed by atoms with Crippen LogP contribution in [-0.4, -0.2) is 86.2 Å². The van der Waals surface area contributed by atoms with Gasteiger partial charge < -0.3 is 9.80 Å². The average molecular weight is 414 g/mol. The number of hydrogen-bond donors (Lipinski definition) is 0. The molecule has 0 spiro atoms. The van der Waals surface area contributed by atoms with Crippen LogP contribution in [-0.2, 0) is 32.4 Å². The zero-order chi connectivity index (χ0) is 19.4. The Morgan fingerprint density at radius 3 is 2.37 bits per heavy atom. The first-order chi connectivity index (χ1) is 12.8. The van der Waals surface area contributed by atoms with E-state index in [-0.39, 0.29) is 30.4 Å². The van der Waals surface area contributed by atoms with Crippen LogP contribution in [0.5, 0.6) is 0 Å². The van der Waals surface area contributed by atoms with E-state index >= 15 is 0 Å². The number of amides is 2. The Labute approximate surface area is 164 Å². The Kier molecular flexibility index (Phi) is 6.54. The van der Waals surface area contributed by atoms with Gasteiger partial charge in [-0.25, -0.2) is 8.42 Å². The third kappa shape index (κ3) is 5.76. The van der Waals surface area contributed by atoms with Gasteiger partial charge in [0, 0.05) is 69.8 Å². The van der Waals surface area contributed by atoms with E-state index in [4.69, 9.17) is 0 Å². The molecule has 27 heavy (non-hydrogen) atoms. The minimum absolute atomic E-state index is 0.0133. The van der Waals surface area contributed by atoms with E-state index in [9.17, 15) is 18.0 Å². The Morgan fingerprint density at radius 2 is 1.70 bits per heavy atom. The van der Waals surface area contributed by atoms with Crippen molar-refractivity contribution in [2.75, 3.05) is 51.3 Å². The Morgan fingerprint density at radius 1 is 1.04 bits per heavy atom. The van der Waals surface area contributed by atoms with Crippen molar-refractivity contribution in [3.63, 3.8) is 0 Å². The molecule has 7 nitrogen and oxygen atoms in total. The van der Waals surface area contributed by atoms with Crippen molar-refractivity contribution in [3.05, 3.63) is 21.9 Å². The van der Waals surface area contributed by atoms with Gasteiger partial charge in [-0.05, 0) is 23.4 Å². The molecular weight excluding hydrogens is 386 g/mol. The highest BCUT2D eigenvalue weighted by molar-refractivity contribution is 7.90. The third-order valence-electron chi connectivity index (χ3n) is 5.22. The molecule has 2 amide bonds. The number of carbonyl (C=O) groups excluding carboxylic acids is 2. The zero-order valence-electron chi connectivity index (χ0n) is 15.7. The highest BCUT2D eigenvalue weighted by Gasteiger charge is 2.25. The van der Waals surface area contributed by atoms with Gasteiger partial charge in [0.2, 0.25) is 11.8 Å². The SMILES string of the molecule is CS(=O)(=O)CCN1CCN(C(=O)CCC(=O)N2CCc3sccc3C2)CC1. The van der Waals surface area contributed by atoms with Crippen molar-refractivity contribution >= 4 is 33.0 Å². The van der Waals surface area contributed by atoms with Gasteiger partial charge in [-0.2, -0.15) is 0 Å². The maximum atomic E-state index is 12.4. The zero-order valence-corrected chi connectivity index (χ0v) is 17.4. The fourth-order valence-corrected chi connectivity index (χ4v) is 4.99. The van der Waals surface area contributed by atoms with Crippen LogP contribution >= 0.6 is 11.3 Å². The summed E-state index contributed by atoms with van der Waals surface area (Å²) in [6.07, 6.45) is 2.65. The van der Waals surface area contributed by atoms with Gasteiger partial charge in [0.15, 0.2) is 0 Å². The van der Waals surface area contributed by atoms with Crippen LogP contribution in [0.3, 0.4) is 0 Å². The number of sulfone groups is 1. The number of carbonyl (C=O) groups is 2. The van der Waals surface area contributed by atoms with Crippen LogP contribution in [0, 0.1) is 0 Å². The fourth-order valence-electron chi connectivity index (χ4n) is 3.51. The average Bonchev–Trinajstić information content (AvgIpc) is 3.11. The summed E-state index contributed by atoms with van der Waals surface area (Å²) in [6, 6.07) is 2.08. The number of nitrogens with zero attached hydrogens (tertiary/aromatic N) is 3. The lowest BCUT2D eigenvalue weighted by molar-refractivity contribution is -0.138. The Bertz CT molecular complexity index is 782. The molecular formula is C18H27N3O4S2. The summed E-state index contributed by atoms with van der Waals surface area (Å²) >= 11 is 1.74. The molecule has 3 rings (SSSR count). The molecule has 1 fully saturated rings. The largest absolute Gasteiger partial charge is 0.340 e. The van der Waals surface area contributed by atoms with Crippen molar-refractivity contribution in [1.29, 1.82) is 0 Å².